The zero-order chi connectivity index (χ0) is 13.0. The van der Waals surface area contributed by atoms with E-state index in [0.717, 1.165) is 11.3 Å². The first-order valence-electron chi connectivity index (χ1n) is 5.98. The second-order valence-electron chi connectivity index (χ2n) is 4.40. The summed E-state index contributed by atoms with van der Waals surface area (Å²) >= 11 is 0. The summed E-state index contributed by atoms with van der Waals surface area (Å²) in [6.07, 6.45) is 5.66. The third kappa shape index (κ3) is 3.23. The van der Waals surface area contributed by atoms with Crippen molar-refractivity contribution in [2.45, 2.75) is 26.5 Å². The summed E-state index contributed by atoms with van der Waals surface area (Å²) in [5.74, 6) is 0.636. The van der Waals surface area contributed by atoms with Crippen LogP contribution in [-0.4, -0.2) is 20.9 Å². The molecule has 2 aromatic heterocycles. The van der Waals surface area contributed by atoms with Crippen LogP contribution in [0.3, 0.4) is 0 Å². The highest BCUT2D eigenvalue weighted by Crippen LogP contribution is 2.22. The van der Waals surface area contributed by atoms with Crippen molar-refractivity contribution in [1.29, 1.82) is 0 Å². The lowest BCUT2D eigenvalue weighted by Gasteiger charge is -2.13. The van der Waals surface area contributed by atoms with Gasteiger partial charge in [0.2, 0.25) is 5.88 Å². The molecule has 0 unspecified atom stereocenters. The van der Waals surface area contributed by atoms with Crippen LogP contribution in [0, 0.1) is 0 Å². The van der Waals surface area contributed by atoms with Crippen molar-refractivity contribution in [3.8, 4) is 5.88 Å². The van der Waals surface area contributed by atoms with E-state index in [2.05, 4.69) is 15.4 Å². The Labute approximate surface area is 107 Å². The number of aromatic nitrogens is 3. The molecule has 0 fully saturated rings. The number of pyridine rings is 1. The van der Waals surface area contributed by atoms with E-state index >= 15 is 0 Å². The van der Waals surface area contributed by atoms with Crippen molar-refractivity contribution < 1.29 is 4.74 Å². The monoisotopic (exact) mass is 246 g/mol. The van der Waals surface area contributed by atoms with E-state index in [0.29, 0.717) is 12.4 Å². The first kappa shape index (κ1) is 12.4. The topological polar surface area (TPSA) is 52.0 Å². The molecule has 1 N–H and O–H groups in total. The number of anilines is 1. The van der Waals surface area contributed by atoms with Crippen LogP contribution in [0.1, 0.15) is 19.4 Å². The van der Waals surface area contributed by atoms with Crippen LogP contribution in [0.5, 0.6) is 5.88 Å². The highest BCUT2D eigenvalue weighted by molar-refractivity contribution is 5.52. The molecule has 2 aromatic rings. The van der Waals surface area contributed by atoms with E-state index in [-0.39, 0.29) is 6.10 Å². The van der Waals surface area contributed by atoms with Crippen molar-refractivity contribution in [2.24, 2.45) is 7.05 Å². The van der Waals surface area contributed by atoms with Gasteiger partial charge in [0.05, 0.1) is 18.0 Å². The van der Waals surface area contributed by atoms with Gasteiger partial charge in [-0.15, -0.1) is 0 Å². The van der Waals surface area contributed by atoms with Gasteiger partial charge in [0.1, 0.15) is 0 Å². The van der Waals surface area contributed by atoms with Crippen molar-refractivity contribution in [3.63, 3.8) is 0 Å². The highest BCUT2D eigenvalue weighted by Gasteiger charge is 2.06. The van der Waals surface area contributed by atoms with Gasteiger partial charge in [0.15, 0.2) is 0 Å². The van der Waals surface area contributed by atoms with Gasteiger partial charge in [0, 0.05) is 31.5 Å². The fourth-order valence-electron chi connectivity index (χ4n) is 1.60. The minimum atomic E-state index is 0.110. The molecule has 0 aliphatic rings. The van der Waals surface area contributed by atoms with Gasteiger partial charge < -0.3 is 10.1 Å². The van der Waals surface area contributed by atoms with Gasteiger partial charge in [-0.25, -0.2) is 4.98 Å². The summed E-state index contributed by atoms with van der Waals surface area (Å²) < 4.78 is 7.43. The molecule has 0 bridgehead atoms. The first-order chi connectivity index (χ1) is 8.65. The SMILES string of the molecule is CC(C)Oc1ncccc1NCc1cnn(C)c1. The highest BCUT2D eigenvalue weighted by atomic mass is 16.5. The molecule has 0 aliphatic heterocycles. The molecule has 5 nitrogen and oxygen atoms in total. The van der Waals surface area contributed by atoms with Crippen molar-refractivity contribution >= 4 is 5.69 Å². The number of hydrogen-bond acceptors (Lipinski definition) is 4. The Hall–Kier alpha value is -2.04. The predicted molar refractivity (Wildman–Crippen MR) is 70.5 cm³/mol. The van der Waals surface area contributed by atoms with Gasteiger partial charge in [-0.1, -0.05) is 0 Å². The average Bonchev–Trinajstić information content (AvgIpc) is 2.73. The van der Waals surface area contributed by atoms with Crippen LogP contribution in [0.15, 0.2) is 30.7 Å². The smallest absolute Gasteiger partial charge is 0.237 e. The molecule has 18 heavy (non-hydrogen) atoms. The number of ether oxygens (including phenoxy) is 1. The Morgan fingerprint density at radius 2 is 2.28 bits per heavy atom. The zero-order valence-corrected chi connectivity index (χ0v) is 10.9. The third-order valence-corrected chi connectivity index (χ3v) is 2.36. The molecule has 0 radical (unpaired) electrons. The van der Waals surface area contributed by atoms with E-state index in [4.69, 9.17) is 4.74 Å². The maximum absolute atomic E-state index is 5.64. The summed E-state index contributed by atoms with van der Waals surface area (Å²) in [6, 6.07) is 3.85. The molecule has 96 valence electrons. The molecule has 0 aliphatic carbocycles. The Morgan fingerprint density at radius 1 is 1.44 bits per heavy atom. The fourth-order valence-corrected chi connectivity index (χ4v) is 1.60. The zero-order valence-electron chi connectivity index (χ0n) is 10.9. The van der Waals surface area contributed by atoms with Crippen LogP contribution in [-0.2, 0) is 13.6 Å². The molecular weight excluding hydrogens is 228 g/mol. The minimum Gasteiger partial charge on any atom is -0.473 e. The molecule has 0 aromatic carbocycles. The fraction of sp³-hybridized carbons (Fsp3) is 0.385. The quantitative estimate of drug-likeness (QED) is 0.878. The van der Waals surface area contributed by atoms with Crippen LogP contribution < -0.4 is 10.1 Å². The number of nitrogens with zero attached hydrogens (tertiary/aromatic N) is 3. The van der Waals surface area contributed by atoms with E-state index < -0.39 is 0 Å². The standard InChI is InChI=1S/C13H18N4O/c1-10(2)18-13-12(5-4-6-14-13)15-7-11-8-16-17(3)9-11/h4-6,8-10,15H,7H2,1-3H3. The van der Waals surface area contributed by atoms with E-state index in [1.807, 2.05) is 45.4 Å². The Kier molecular flexibility index (Phi) is 3.82. The number of nitrogens with one attached hydrogen (secondary N) is 1. The van der Waals surface area contributed by atoms with Crippen LogP contribution in [0.4, 0.5) is 5.69 Å². The molecule has 0 saturated heterocycles. The Morgan fingerprint density at radius 3 is 2.94 bits per heavy atom. The Bertz CT molecular complexity index is 507. The van der Waals surface area contributed by atoms with Gasteiger partial charge in [-0.2, -0.15) is 5.10 Å². The normalized spacial score (nSPS) is 10.7. The van der Waals surface area contributed by atoms with Crippen molar-refractivity contribution in [1.82, 2.24) is 14.8 Å². The molecular formula is C13H18N4O. The lowest BCUT2D eigenvalue weighted by molar-refractivity contribution is 0.234. The predicted octanol–water partition coefficient (Wildman–Crippen LogP) is 2.21. The third-order valence-electron chi connectivity index (χ3n) is 2.36. The maximum Gasteiger partial charge on any atom is 0.237 e. The van der Waals surface area contributed by atoms with Crippen LogP contribution in [0.25, 0.3) is 0 Å². The summed E-state index contributed by atoms with van der Waals surface area (Å²) in [5.41, 5.74) is 2.02. The molecule has 0 atom stereocenters. The summed E-state index contributed by atoms with van der Waals surface area (Å²) in [4.78, 5) is 4.23. The second-order valence-corrected chi connectivity index (χ2v) is 4.40. The van der Waals surface area contributed by atoms with Crippen LogP contribution in [0.2, 0.25) is 0 Å². The lowest BCUT2D eigenvalue weighted by Crippen LogP contribution is -2.09. The average molecular weight is 246 g/mol. The molecule has 0 spiro atoms. The number of hydrogen-bond donors (Lipinski definition) is 1. The Balaban J connectivity index is 2.04. The maximum atomic E-state index is 5.64. The first-order valence-corrected chi connectivity index (χ1v) is 5.98. The lowest BCUT2D eigenvalue weighted by atomic mass is 10.3. The number of aryl methyl sites for hydroxylation is 1. The molecule has 0 saturated carbocycles. The van der Waals surface area contributed by atoms with E-state index in [1.165, 1.54) is 0 Å². The van der Waals surface area contributed by atoms with Crippen molar-refractivity contribution in [3.05, 3.63) is 36.3 Å². The molecule has 2 rings (SSSR count). The van der Waals surface area contributed by atoms with Gasteiger partial charge in [-0.05, 0) is 26.0 Å². The summed E-state index contributed by atoms with van der Waals surface area (Å²) in [5, 5.41) is 7.44. The van der Waals surface area contributed by atoms with Gasteiger partial charge in [0.25, 0.3) is 0 Å². The number of rotatable bonds is 5. The summed E-state index contributed by atoms with van der Waals surface area (Å²) in [7, 11) is 1.90. The largest absolute Gasteiger partial charge is 0.473 e. The minimum absolute atomic E-state index is 0.110. The van der Waals surface area contributed by atoms with E-state index in [9.17, 15) is 0 Å². The van der Waals surface area contributed by atoms with Crippen molar-refractivity contribution in [2.75, 3.05) is 5.32 Å². The van der Waals surface area contributed by atoms with Gasteiger partial charge >= 0.3 is 0 Å². The van der Waals surface area contributed by atoms with Gasteiger partial charge in [-0.3, -0.25) is 4.68 Å². The molecule has 5 heteroatoms. The molecule has 0 amide bonds. The summed E-state index contributed by atoms with van der Waals surface area (Å²) in [6.45, 7) is 4.67. The molecule has 2 heterocycles. The van der Waals surface area contributed by atoms with E-state index in [1.54, 1.807) is 10.9 Å². The van der Waals surface area contributed by atoms with Crippen LogP contribution >= 0.6 is 0 Å². The second kappa shape index (κ2) is 5.53.